The largest absolute Gasteiger partial charge is 0.493 e. The van der Waals surface area contributed by atoms with E-state index in [1.807, 2.05) is 37.3 Å². The number of benzene rings is 3. The minimum atomic E-state index is -0.363. The molecule has 4 rings (SSSR count). The minimum absolute atomic E-state index is 0.108. The second-order valence-corrected chi connectivity index (χ2v) is 8.30. The molecule has 0 saturated carbocycles. The molecule has 0 fully saturated rings. The summed E-state index contributed by atoms with van der Waals surface area (Å²) >= 11 is 15.1. The van der Waals surface area contributed by atoms with Crippen molar-refractivity contribution in [1.82, 2.24) is 20.3 Å². The molecule has 0 unspecified atom stereocenters. The summed E-state index contributed by atoms with van der Waals surface area (Å²) in [6, 6.07) is 18.0. The van der Waals surface area contributed by atoms with Crippen molar-refractivity contribution in [3.8, 4) is 11.4 Å². The number of fused-ring (bicyclic) bond motifs is 1. The van der Waals surface area contributed by atoms with Gasteiger partial charge >= 0.3 is 0 Å². The van der Waals surface area contributed by atoms with Crippen molar-refractivity contribution in [3.63, 3.8) is 0 Å². The molecule has 162 valence electrons. The maximum atomic E-state index is 12.6. The predicted octanol–water partition coefficient (Wildman–Crippen LogP) is 5.36. The predicted molar refractivity (Wildman–Crippen MR) is 133 cm³/mol. The van der Waals surface area contributed by atoms with Gasteiger partial charge in [0, 0.05) is 5.56 Å². The van der Waals surface area contributed by atoms with E-state index in [1.165, 1.54) is 4.80 Å². The first-order valence-electron chi connectivity index (χ1n) is 9.61. The maximum absolute atomic E-state index is 12.6. The third kappa shape index (κ3) is 4.90. The standard InChI is InChI=1S/C22H17BrClN5O2S/c1-2-31-20-9-8-13(10-15(20)23)21(30)26-22(32)25-17-12-19-18(11-16(17)24)27-29(28-19)14-6-4-3-5-7-14/h3-12H,2H2,1H3,(H2,25,26,30,32). The first-order valence-corrected chi connectivity index (χ1v) is 11.2. The molecule has 32 heavy (non-hydrogen) atoms. The van der Waals surface area contributed by atoms with Crippen molar-refractivity contribution < 1.29 is 9.53 Å². The van der Waals surface area contributed by atoms with Gasteiger partial charge < -0.3 is 10.1 Å². The molecule has 0 aliphatic heterocycles. The fourth-order valence-electron chi connectivity index (χ4n) is 2.95. The average molecular weight is 531 g/mol. The lowest BCUT2D eigenvalue weighted by Crippen LogP contribution is -2.34. The van der Waals surface area contributed by atoms with Gasteiger partial charge in [0.25, 0.3) is 5.91 Å². The number of nitrogens with zero attached hydrogens (tertiary/aromatic N) is 3. The minimum Gasteiger partial charge on any atom is -0.493 e. The fourth-order valence-corrected chi connectivity index (χ4v) is 3.86. The van der Waals surface area contributed by atoms with Crippen molar-refractivity contribution in [2.24, 2.45) is 0 Å². The lowest BCUT2D eigenvalue weighted by molar-refractivity contribution is 0.0977. The second kappa shape index (κ2) is 9.64. The molecule has 10 heteroatoms. The number of nitrogens with one attached hydrogen (secondary N) is 2. The number of hydrogen-bond acceptors (Lipinski definition) is 5. The summed E-state index contributed by atoms with van der Waals surface area (Å²) in [4.78, 5) is 14.1. The third-order valence-corrected chi connectivity index (χ3v) is 5.56. The Kier molecular flexibility index (Phi) is 6.69. The topological polar surface area (TPSA) is 81.1 Å². The number of carbonyl (C=O) groups excluding carboxylic acids is 1. The zero-order chi connectivity index (χ0) is 22.7. The lowest BCUT2D eigenvalue weighted by Gasteiger charge is -2.12. The monoisotopic (exact) mass is 529 g/mol. The van der Waals surface area contributed by atoms with E-state index in [-0.39, 0.29) is 11.0 Å². The van der Waals surface area contributed by atoms with Crippen LogP contribution in [0.25, 0.3) is 16.7 Å². The summed E-state index contributed by atoms with van der Waals surface area (Å²) in [7, 11) is 0. The second-order valence-electron chi connectivity index (χ2n) is 6.63. The van der Waals surface area contributed by atoms with Gasteiger partial charge in [-0.05, 0) is 77.5 Å². The van der Waals surface area contributed by atoms with E-state index in [9.17, 15) is 4.79 Å². The van der Waals surface area contributed by atoms with Gasteiger partial charge in [-0.3, -0.25) is 10.1 Å². The molecule has 1 heterocycles. The van der Waals surface area contributed by atoms with E-state index in [2.05, 4.69) is 36.8 Å². The van der Waals surface area contributed by atoms with Crippen molar-refractivity contribution in [3.05, 3.63) is 75.7 Å². The van der Waals surface area contributed by atoms with E-state index in [0.717, 1.165) is 5.69 Å². The molecule has 4 aromatic rings. The average Bonchev–Trinajstić information content (AvgIpc) is 3.18. The van der Waals surface area contributed by atoms with E-state index in [1.54, 1.807) is 30.3 Å². The van der Waals surface area contributed by atoms with Gasteiger partial charge in [0.1, 0.15) is 16.8 Å². The normalized spacial score (nSPS) is 10.7. The quantitative estimate of drug-likeness (QED) is 0.338. The highest BCUT2D eigenvalue weighted by Gasteiger charge is 2.14. The molecule has 3 aromatic carbocycles. The number of halogens is 2. The summed E-state index contributed by atoms with van der Waals surface area (Å²) in [6.07, 6.45) is 0. The van der Waals surface area contributed by atoms with Crippen LogP contribution in [0.5, 0.6) is 5.75 Å². The van der Waals surface area contributed by atoms with E-state index in [4.69, 9.17) is 28.6 Å². The SMILES string of the molecule is CCOc1ccc(C(=O)NC(=S)Nc2cc3nn(-c4ccccc4)nc3cc2Cl)cc1Br. The van der Waals surface area contributed by atoms with Gasteiger partial charge in [-0.15, -0.1) is 10.2 Å². The van der Waals surface area contributed by atoms with Crippen LogP contribution in [-0.2, 0) is 0 Å². The van der Waals surface area contributed by atoms with Crippen LogP contribution >= 0.6 is 39.7 Å². The van der Waals surface area contributed by atoms with Gasteiger partial charge in [0.2, 0.25) is 0 Å². The van der Waals surface area contributed by atoms with Crippen LogP contribution in [0.2, 0.25) is 5.02 Å². The number of carbonyl (C=O) groups is 1. The summed E-state index contributed by atoms with van der Waals surface area (Å²) in [5, 5.41) is 15.1. The van der Waals surface area contributed by atoms with Crippen LogP contribution in [-0.4, -0.2) is 32.6 Å². The molecule has 0 spiro atoms. The number of thiocarbonyl (C=S) groups is 1. The van der Waals surface area contributed by atoms with Crippen LogP contribution in [0, 0.1) is 0 Å². The van der Waals surface area contributed by atoms with Gasteiger partial charge in [-0.25, -0.2) is 0 Å². The molecule has 0 bridgehead atoms. The van der Waals surface area contributed by atoms with Gasteiger partial charge in [-0.1, -0.05) is 29.8 Å². The van der Waals surface area contributed by atoms with Gasteiger partial charge in [0.05, 0.1) is 27.5 Å². The number of ether oxygens (including phenoxy) is 1. The maximum Gasteiger partial charge on any atom is 0.257 e. The number of rotatable bonds is 5. The Labute approximate surface area is 202 Å². The Morgan fingerprint density at radius 2 is 1.84 bits per heavy atom. The van der Waals surface area contributed by atoms with Crippen LogP contribution in [0.1, 0.15) is 17.3 Å². The Morgan fingerprint density at radius 3 is 2.53 bits per heavy atom. The Hall–Kier alpha value is -3.01. The van der Waals surface area contributed by atoms with E-state index in [0.29, 0.717) is 44.1 Å². The summed E-state index contributed by atoms with van der Waals surface area (Å²) in [5.41, 5.74) is 3.04. The first-order chi connectivity index (χ1) is 15.4. The number of hydrogen-bond donors (Lipinski definition) is 2. The Morgan fingerprint density at radius 1 is 1.12 bits per heavy atom. The number of aromatic nitrogens is 3. The molecule has 0 aliphatic rings. The van der Waals surface area contributed by atoms with Crippen LogP contribution in [0.4, 0.5) is 5.69 Å². The van der Waals surface area contributed by atoms with Crippen LogP contribution in [0.15, 0.2) is 65.1 Å². The van der Waals surface area contributed by atoms with Gasteiger partial charge in [0.15, 0.2) is 5.11 Å². The third-order valence-electron chi connectivity index (χ3n) is 4.43. The summed E-state index contributed by atoms with van der Waals surface area (Å²) in [6.45, 7) is 2.42. The number of amides is 1. The van der Waals surface area contributed by atoms with Crippen molar-refractivity contribution >= 4 is 67.5 Å². The molecule has 0 radical (unpaired) electrons. The Balaban J connectivity index is 1.49. The molecule has 0 atom stereocenters. The summed E-state index contributed by atoms with van der Waals surface area (Å²) in [5.74, 6) is 0.298. The number of para-hydroxylation sites is 1. The zero-order valence-electron chi connectivity index (χ0n) is 16.8. The summed E-state index contributed by atoms with van der Waals surface area (Å²) < 4.78 is 6.15. The van der Waals surface area contributed by atoms with Crippen molar-refractivity contribution in [2.75, 3.05) is 11.9 Å². The van der Waals surface area contributed by atoms with Crippen molar-refractivity contribution in [1.29, 1.82) is 0 Å². The highest BCUT2D eigenvalue weighted by Crippen LogP contribution is 2.28. The van der Waals surface area contributed by atoms with Crippen LogP contribution in [0.3, 0.4) is 0 Å². The first kappa shape index (κ1) is 22.2. The molecule has 0 saturated heterocycles. The molecule has 2 N–H and O–H groups in total. The molecule has 1 aromatic heterocycles. The fraction of sp³-hybridized carbons (Fsp3) is 0.0909. The lowest BCUT2D eigenvalue weighted by atomic mass is 10.2. The smallest absolute Gasteiger partial charge is 0.257 e. The van der Waals surface area contributed by atoms with E-state index >= 15 is 0 Å². The molecule has 1 amide bonds. The Bertz CT molecular complexity index is 1310. The number of anilines is 1. The van der Waals surface area contributed by atoms with Gasteiger partial charge in [-0.2, -0.15) is 4.80 Å². The highest BCUT2D eigenvalue weighted by atomic mass is 79.9. The zero-order valence-corrected chi connectivity index (χ0v) is 20.0. The molecular weight excluding hydrogens is 514 g/mol. The van der Waals surface area contributed by atoms with Crippen molar-refractivity contribution in [2.45, 2.75) is 6.92 Å². The highest BCUT2D eigenvalue weighted by molar-refractivity contribution is 9.10. The molecular formula is C22H17BrClN5O2S. The molecule has 0 aliphatic carbocycles. The van der Waals surface area contributed by atoms with Crippen LogP contribution < -0.4 is 15.4 Å². The van der Waals surface area contributed by atoms with E-state index < -0.39 is 0 Å². The molecule has 7 nitrogen and oxygen atoms in total.